The molecule has 0 fully saturated rings. The average molecular weight is 248 g/mol. The van der Waals surface area contributed by atoms with Crippen molar-refractivity contribution in [1.82, 2.24) is 0 Å². The lowest BCUT2D eigenvalue weighted by Gasteiger charge is -2.20. The number of hydrogen-bond donors (Lipinski definition) is 0. The van der Waals surface area contributed by atoms with E-state index < -0.39 is 0 Å². The number of ether oxygens (including phenoxy) is 1. The summed E-state index contributed by atoms with van der Waals surface area (Å²) in [7, 11) is 0. The molecule has 0 heterocycles. The summed E-state index contributed by atoms with van der Waals surface area (Å²) in [6.07, 6.45) is 0.186. The van der Waals surface area contributed by atoms with Gasteiger partial charge in [0.2, 0.25) is 0 Å². The summed E-state index contributed by atoms with van der Waals surface area (Å²) >= 11 is 0. The van der Waals surface area contributed by atoms with Crippen LogP contribution in [0.4, 0.5) is 0 Å². The van der Waals surface area contributed by atoms with Crippen LogP contribution >= 0.6 is 0 Å². The number of rotatable bonds is 6. The molecule has 1 rings (SSSR count). The zero-order chi connectivity index (χ0) is 13.7. The van der Waals surface area contributed by atoms with Crippen LogP contribution in [0, 0.1) is 19.8 Å². The van der Waals surface area contributed by atoms with Crippen LogP contribution in [0.15, 0.2) is 18.2 Å². The maximum Gasteiger partial charge on any atom is 0.166 e. The van der Waals surface area contributed by atoms with Crippen LogP contribution in [-0.4, -0.2) is 18.5 Å². The molecule has 0 bridgehead atoms. The molecule has 0 aliphatic carbocycles. The van der Waals surface area contributed by atoms with E-state index in [1.54, 1.807) is 0 Å². The van der Waals surface area contributed by atoms with E-state index in [0.29, 0.717) is 13.0 Å². The third-order valence-electron chi connectivity index (χ3n) is 3.14. The summed E-state index contributed by atoms with van der Waals surface area (Å²) in [6, 6.07) is 6.24. The van der Waals surface area contributed by atoms with Crippen molar-refractivity contribution >= 4 is 5.78 Å². The van der Waals surface area contributed by atoms with E-state index >= 15 is 0 Å². The Kier molecular flexibility index (Phi) is 5.54. The lowest BCUT2D eigenvalue weighted by Crippen LogP contribution is -2.31. The number of hydrogen-bond acceptors (Lipinski definition) is 2. The third kappa shape index (κ3) is 3.95. The minimum Gasteiger partial charge on any atom is -0.370 e. The third-order valence-corrected chi connectivity index (χ3v) is 3.14. The van der Waals surface area contributed by atoms with Gasteiger partial charge in [0.1, 0.15) is 6.10 Å². The molecular weight excluding hydrogens is 224 g/mol. The Hall–Kier alpha value is -1.15. The largest absolute Gasteiger partial charge is 0.370 e. The van der Waals surface area contributed by atoms with Gasteiger partial charge in [-0.15, -0.1) is 0 Å². The van der Waals surface area contributed by atoms with E-state index in [1.165, 1.54) is 11.1 Å². The molecule has 0 amide bonds. The van der Waals surface area contributed by atoms with Gasteiger partial charge in [0, 0.05) is 13.0 Å². The van der Waals surface area contributed by atoms with E-state index in [1.807, 2.05) is 27.7 Å². The van der Waals surface area contributed by atoms with Crippen molar-refractivity contribution in [3.63, 3.8) is 0 Å². The van der Waals surface area contributed by atoms with Crippen LogP contribution in [0.1, 0.15) is 37.5 Å². The molecule has 0 N–H and O–H groups in total. The molecular formula is C16H24O2. The van der Waals surface area contributed by atoms with Gasteiger partial charge < -0.3 is 4.74 Å². The minimum absolute atomic E-state index is 0.181. The number of Topliss-reactive ketones (excluding diaryl/α,β-unsaturated/α-hetero) is 1. The Morgan fingerprint density at radius 1 is 1.28 bits per heavy atom. The highest BCUT2D eigenvalue weighted by Crippen LogP contribution is 2.16. The molecule has 0 radical (unpaired) electrons. The van der Waals surface area contributed by atoms with Crippen molar-refractivity contribution in [3.8, 4) is 0 Å². The van der Waals surface area contributed by atoms with Gasteiger partial charge in [0.15, 0.2) is 5.78 Å². The van der Waals surface area contributed by atoms with Crippen molar-refractivity contribution in [1.29, 1.82) is 0 Å². The van der Waals surface area contributed by atoms with Gasteiger partial charge in [-0.05, 0) is 37.8 Å². The van der Waals surface area contributed by atoms with E-state index in [0.717, 1.165) is 5.56 Å². The molecule has 1 atom stereocenters. The van der Waals surface area contributed by atoms with Crippen LogP contribution in [0.5, 0.6) is 0 Å². The molecule has 18 heavy (non-hydrogen) atoms. The highest BCUT2D eigenvalue weighted by Gasteiger charge is 2.22. The fraction of sp³-hybridized carbons (Fsp3) is 0.562. The summed E-state index contributed by atoms with van der Waals surface area (Å²) in [5.41, 5.74) is 3.49. The maximum absolute atomic E-state index is 12.3. The fourth-order valence-corrected chi connectivity index (χ4v) is 2.12. The van der Waals surface area contributed by atoms with Gasteiger partial charge in [-0.1, -0.05) is 37.6 Å². The Morgan fingerprint density at radius 3 is 2.50 bits per heavy atom. The number of carbonyl (C=O) groups excluding carboxylic acids is 1. The number of carbonyl (C=O) groups is 1. The van der Waals surface area contributed by atoms with Crippen LogP contribution in [0.2, 0.25) is 0 Å². The first-order valence-electron chi connectivity index (χ1n) is 6.66. The van der Waals surface area contributed by atoms with Gasteiger partial charge >= 0.3 is 0 Å². The Balaban J connectivity index is 2.82. The molecule has 2 heteroatoms. The number of aryl methyl sites for hydroxylation is 2. The van der Waals surface area contributed by atoms with Crippen molar-refractivity contribution in [2.45, 2.75) is 47.1 Å². The fourth-order valence-electron chi connectivity index (χ4n) is 2.12. The minimum atomic E-state index is -0.282. The molecule has 100 valence electrons. The zero-order valence-corrected chi connectivity index (χ0v) is 12.1. The van der Waals surface area contributed by atoms with Crippen molar-refractivity contribution in [2.24, 2.45) is 5.92 Å². The number of benzene rings is 1. The molecule has 2 nitrogen and oxygen atoms in total. The molecule has 1 aromatic rings. The number of ketones is 1. The van der Waals surface area contributed by atoms with E-state index in [2.05, 4.69) is 25.1 Å². The Morgan fingerprint density at radius 2 is 1.94 bits per heavy atom. The first-order chi connectivity index (χ1) is 8.45. The first kappa shape index (κ1) is 14.9. The summed E-state index contributed by atoms with van der Waals surface area (Å²) in [5.74, 6) is 0.406. The van der Waals surface area contributed by atoms with Crippen molar-refractivity contribution in [2.75, 3.05) is 6.61 Å². The molecule has 0 saturated heterocycles. The Labute approximate surface area is 110 Å². The predicted octanol–water partition coefficient (Wildman–Crippen LogP) is 3.48. The molecule has 0 aromatic heterocycles. The van der Waals surface area contributed by atoms with Crippen LogP contribution in [0.25, 0.3) is 0 Å². The van der Waals surface area contributed by atoms with Gasteiger partial charge in [-0.2, -0.15) is 0 Å². The second-order valence-corrected chi connectivity index (χ2v) is 5.19. The summed E-state index contributed by atoms with van der Waals surface area (Å²) in [6.45, 7) is 10.7. The maximum atomic E-state index is 12.3. The predicted molar refractivity (Wildman–Crippen MR) is 74.9 cm³/mol. The molecule has 0 aliphatic rings. The smallest absolute Gasteiger partial charge is 0.166 e. The van der Waals surface area contributed by atoms with E-state index in [9.17, 15) is 4.79 Å². The standard InChI is InChI=1S/C16H24O2/c1-6-18-16(11(2)3)15(17)10-14-9-12(4)7-8-13(14)5/h7-9,11,16H,6,10H2,1-5H3. The second kappa shape index (κ2) is 6.69. The summed E-state index contributed by atoms with van der Waals surface area (Å²) < 4.78 is 5.56. The molecule has 0 saturated carbocycles. The molecule has 1 unspecified atom stereocenters. The van der Waals surface area contributed by atoms with Gasteiger partial charge in [-0.3, -0.25) is 4.79 Å². The highest BCUT2D eigenvalue weighted by atomic mass is 16.5. The van der Waals surface area contributed by atoms with Crippen molar-refractivity contribution in [3.05, 3.63) is 34.9 Å². The van der Waals surface area contributed by atoms with E-state index in [-0.39, 0.29) is 17.8 Å². The monoisotopic (exact) mass is 248 g/mol. The highest BCUT2D eigenvalue weighted by molar-refractivity contribution is 5.85. The van der Waals surface area contributed by atoms with Gasteiger partial charge in [0.25, 0.3) is 0 Å². The Bertz CT molecular complexity index is 408. The quantitative estimate of drug-likeness (QED) is 0.770. The van der Waals surface area contributed by atoms with Crippen LogP contribution in [-0.2, 0) is 16.0 Å². The summed E-state index contributed by atoms with van der Waals surface area (Å²) in [5, 5.41) is 0. The van der Waals surface area contributed by atoms with Crippen molar-refractivity contribution < 1.29 is 9.53 Å². The van der Waals surface area contributed by atoms with Crippen LogP contribution < -0.4 is 0 Å². The lowest BCUT2D eigenvalue weighted by atomic mass is 9.95. The SMILES string of the molecule is CCOC(C(=O)Cc1cc(C)ccc1C)C(C)C. The van der Waals surface area contributed by atoms with E-state index in [4.69, 9.17) is 4.74 Å². The lowest BCUT2D eigenvalue weighted by molar-refractivity contribution is -0.132. The molecule has 1 aromatic carbocycles. The molecule has 0 aliphatic heterocycles. The van der Waals surface area contributed by atoms with Gasteiger partial charge in [0.05, 0.1) is 0 Å². The van der Waals surface area contributed by atoms with Crippen LogP contribution in [0.3, 0.4) is 0 Å². The average Bonchev–Trinajstić information content (AvgIpc) is 2.30. The second-order valence-electron chi connectivity index (χ2n) is 5.19. The topological polar surface area (TPSA) is 26.3 Å². The normalized spacial score (nSPS) is 12.8. The summed E-state index contributed by atoms with van der Waals surface area (Å²) in [4.78, 5) is 12.3. The molecule has 0 spiro atoms. The zero-order valence-electron chi connectivity index (χ0n) is 12.1. The van der Waals surface area contributed by atoms with Gasteiger partial charge in [-0.25, -0.2) is 0 Å². The first-order valence-corrected chi connectivity index (χ1v) is 6.66.